The first kappa shape index (κ1) is 6.04. The lowest BCUT2D eigenvalue weighted by molar-refractivity contribution is -0.00748. The van der Waals surface area contributed by atoms with E-state index in [-0.39, 0.29) is 5.54 Å². The molecule has 1 N–H and O–H groups in total. The molecule has 1 nitrogen and oxygen atoms in total. The van der Waals surface area contributed by atoms with Crippen LogP contribution in [0.4, 0.5) is 13.3 Å². The SMILES string of the molecule is FNC(F)(F)Cl. The van der Waals surface area contributed by atoms with E-state index in [0.29, 0.717) is 0 Å². The van der Waals surface area contributed by atoms with E-state index in [2.05, 4.69) is 11.6 Å². The molecule has 0 amide bonds. The normalized spacial score (nSPS) is 12.0. The fourth-order valence-corrected chi connectivity index (χ4v) is 0. The van der Waals surface area contributed by atoms with Crippen molar-refractivity contribution in [3.63, 3.8) is 0 Å². The molecule has 0 fully saturated rings. The maximum absolute atomic E-state index is 10.7. The van der Waals surface area contributed by atoms with Crippen molar-refractivity contribution >= 4 is 11.6 Å². The van der Waals surface area contributed by atoms with Crippen molar-refractivity contribution in [2.24, 2.45) is 0 Å². The van der Waals surface area contributed by atoms with Gasteiger partial charge in [0.25, 0.3) is 0 Å². The number of hydrogen-bond acceptors (Lipinski definition) is 1. The first-order chi connectivity index (χ1) is 2.56. The molecule has 0 aromatic carbocycles. The predicted molar refractivity (Wildman–Crippen MR) is 15.0 cm³/mol. The van der Waals surface area contributed by atoms with E-state index in [1.807, 2.05) is 0 Å². The van der Waals surface area contributed by atoms with Gasteiger partial charge in [-0.3, -0.25) is 0 Å². The Morgan fingerprint density at radius 2 is 1.67 bits per heavy atom. The highest BCUT2D eigenvalue weighted by atomic mass is 35.5. The molecule has 0 aliphatic carbocycles. The van der Waals surface area contributed by atoms with Gasteiger partial charge in [0.1, 0.15) is 0 Å². The fraction of sp³-hybridized carbons (Fsp3) is 1.00. The Bertz CT molecular complexity index is 40.5. The van der Waals surface area contributed by atoms with Crippen LogP contribution < -0.4 is 5.54 Å². The summed E-state index contributed by atoms with van der Waals surface area (Å²) in [5, 5.41) is 0. The highest BCUT2D eigenvalue weighted by Gasteiger charge is 2.22. The van der Waals surface area contributed by atoms with Crippen LogP contribution in [0.5, 0.6) is 0 Å². The molecule has 0 aliphatic heterocycles. The monoisotopic (exact) mass is 119 g/mol. The van der Waals surface area contributed by atoms with Crippen LogP contribution in [0.3, 0.4) is 0 Å². The minimum absolute atomic E-state index is 0.0363. The van der Waals surface area contributed by atoms with E-state index in [0.717, 1.165) is 0 Å². The molecule has 0 aromatic heterocycles. The largest absolute Gasteiger partial charge is 0.407 e. The van der Waals surface area contributed by atoms with Crippen molar-refractivity contribution in [3.05, 3.63) is 0 Å². The van der Waals surface area contributed by atoms with E-state index in [9.17, 15) is 13.3 Å². The van der Waals surface area contributed by atoms with Gasteiger partial charge in [-0.05, 0) is 11.6 Å². The molecule has 6 heavy (non-hydrogen) atoms. The molecular weight excluding hydrogens is 118 g/mol. The number of halogens is 4. The summed E-state index contributed by atoms with van der Waals surface area (Å²) < 4.78 is 31.8. The molecular formula is CHClF3N. The molecule has 0 unspecified atom stereocenters. The van der Waals surface area contributed by atoms with Gasteiger partial charge in [0, 0.05) is 0 Å². The second kappa shape index (κ2) is 1.66. The van der Waals surface area contributed by atoms with E-state index < -0.39 is 5.51 Å². The van der Waals surface area contributed by atoms with Crippen molar-refractivity contribution in [2.75, 3.05) is 0 Å². The Morgan fingerprint density at radius 1 is 1.50 bits per heavy atom. The first-order valence-corrected chi connectivity index (χ1v) is 1.38. The quantitative estimate of drug-likeness (QED) is 0.311. The molecule has 0 saturated heterocycles. The van der Waals surface area contributed by atoms with Gasteiger partial charge in [-0.2, -0.15) is 8.78 Å². The van der Waals surface area contributed by atoms with Gasteiger partial charge in [-0.15, -0.1) is 4.48 Å². The molecule has 0 spiro atoms. The molecule has 0 rings (SSSR count). The summed E-state index contributed by atoms with van der Waals surface area (Å²) in [4.78, 5) is 0. The lowest BCUT2D eigenvalue weighted by Crippen LogP contribution is -2.21. The van der Waals surface area contributed by atoms with Crippen LogP contribution in [0.1, 0.15) is 0 Å². The molecule has 5 heteroatoms. The third-order valence-corrected chi connectivity index (χ3v) is 0.179. The lowest BCUT2D eigenvalue weighted by atomic mass is 11.3. The maximum Gasteiger partial charge on any atom is 0.407 e. The van der Waals surface area contributed by atoms with E-state index >= 15 is 0 Å². The third kappa shape index (κ3) is 4.04. The molecule has 0 radical (unpaired) electrons. The Morgan fingerprint density at radius 3 is 1.67 bits per heavy atom. The zero-order chi connectivity index (χ0) is 5.21. The number of hydrogen-bond donors (Lipinski definition) is 1. The number of rotatable bonds is 1. The molecule has 0 aromatic rings. The molecule has 38 valence electrons. The Hall–Kier alpha value is 0.0400. The van der Waals surface area contributed by atoms with Gasteiger partial charge in [-0.25, -0.2) is 0 Å². The van der Waals surface area contributed by atoms with Crippen LogP contribution in [-0.2, 0) is 0 Å². The molecule has 0 atom stereocenters. The van der Waals surface area contributed by atoms with Crippen LogP contribution in [0.15, 0.2) is 0 Å². The van der Waals surface area contributed by atoms with Crippen LogP contribution in [-0.4, -0.2) is 5.51 Å². The predicted octanol–water partition coefficient (Wildman–Crippen LogP) is 1.25. The number of nitrogens with one attached hydrogen (secondary N) is 1. The minimum Gasteiger partial charge on any atom is -0.169 e. The molecule has 0 aliphatic rings. The van der Waals surface area contributed by atoms with Gasteiger partial charge in [0.15, 0.2) is 0 Å². The summed E-state index contributed by atoms with van der Waals surface area (Å²) >= 11 is 3.90. The Balaban J connectivity index is 3.17. The first-order valence-electron chi connectivity index (χ1n) is 1.01. The van der Waals surface area contributed by atoms with Crippen molar-refractivity contribution in [1.29, 1.82) is 0 Å². The minimum atomic E-state index is -3.90. The van der Waals surface area contributed by atoms with Crippen molar-refractivity contribution in [3.8, 4) is 0 Å². The van der Waals surface area contributed by atoms with E-state index in [4.69, 9.17) is 0 Å². The summed E-state index contributed by atoms with van der Waals surface area (Å²) in [6, 6.07) is 0. The average molecular weight is 119 g/mol. The van der Waals surface area contributed by atoms with Gasteiger partial charge in [-0.1, -0.05) is 5.54 Å². The second-order valence-corrected chi connectivity index (χ2v) is 1.07. The van der Waals surface area contributed by atoms with Crippen molar-refractivity contribution < 1.29 is 13.3 Å². The van der Waals surface area contributed by atoms with Crippen LogP contribution in [0, 0.1) is 0 Å². The summed E-state index contributed by atoms with van der Waals surface area (Å²) in [6.07, 6.45) is 0. The summed E-state index contributed by atoms with van der Waals surface area (Å²) in [5.41, 5.74) is -3.87. The van der Waals surface area contributed by atoms with Gasteiger partial charge in [0.2, 0.25) is 0 Å². The Labute approximate surface area is 37.0 Å². The van der Waals surface area contributed by atoms with E-state index in [1.54, 1.807) is 0 Å². The topological polar surface area (TPSA) is 12.0 Å². The van der Waals surface area contributed by atoms with Gasteiger partial charge < -0.3 is 0 Å². The summed E-state index contributed by atoms with van der Waals surface area (Å²) in [6.45, 7) is 0. The standard InChI is InChI=1S/CHClF3N/c2-1(3,4)6-5/h6H. The second-order valence-electron chi connectivity index (χ2n) is 0.592. The maximum atomic E-state index is 10.7. The van der Waals surface area contributed by atoms with Gasteiger partial charge >= 0.3 is 5.51 Å². The van der Waals surface area contributed by atoms with Crippen LogP contribution >= 0.6 is 11.6 Å². The van der Waals surface area contributed by atoms with Gasteiger partial charge in [0.05, 0.1) is 0 Å². The third-order valence-electron chi connectivity index (χ3n) is 0.107. The average Bonchev–Trinajstić information content (AvgIpc) is 1.35. The van der Waals surface area contributed by atoms with Crippen molar-refractivity contribution in [2.45, 2.75) is 5.51 Å². The fourth-order valence-electron chi connectivity index (χ4n) is 0. The molecule has 0 bridgehead atoms. The zero-order valence-corrected chi connectivity index (χ0v) is 3.27. The highest BCUT2D eigenvalue weighted by Crippen LogP contribution is 2.12. The van der Waals surface area contributed by atoms with Crippen molar-refractivity contribution in [1.82, 2.24) is 5.54 Å². The number of alkyl halides is 3. The molecule has 0 saturated carbocycles. The van der Waals surface area contributed by atoms with E-state index in [1.165, 1.54) is 0 Å². The zero-order valence-electron chi connectivity index (χ0n) is 2.51. The lowest BCUT2D eigenvalue weighted by Gasteiger charge is -1.96. The van der Waals surface area contributed by atoms with Crippen LogP contribution in [0.25, 0.3) is 0 Å². The smallest absolute Gasteiger partial charge is 0.169 e. The summed E-state index contributed by atoms with van der Waals surface area (Å²) in [5.74, 6) is 0. The Kier molecular flexibility index (Phi) is 1.67. The van der Waals surface area contributed by atoms with Crippen LogP contribution in [0.2, 0.25) is 0 Å². The summed E-state index contributed by atoms with van der Waals surface area (Å²) in [7, 11) is 0. The molecule has 0 heterocycles. The highest BCUT2D eigenvalue weighted by molar-refractivity contribution is 6.21.